The maximum atomic E-state index is 5.24. The molecular formula is C15H24N6O. The van der Waals surface area contributed by atoms with E-state index < -0.39 is 0 Å². The van der Waals surface area contributed by atoms with Gasteiger partial charge >= 0.3 is 0 Å². The van der Waals surface area contributed by atoms with Crippen LogP contribution in [-0.2, 0) is 11.3 Å². The number of likely N-dealkylation sites (N-methyl/N-ethyl adjacent to an activating group) is 1. The zero-order chi connectivity index (χ0) is 15.5. The topological polar surface area (TPSA) is 58.8 Å². The Morgan fingerprint density at radius 3 is 3.00 bits per heavy atom. The third-order valence-electron chi connectivity index (χ3n) is 4.08. The molecule has 0 radical (unpaired) electrons. The summed E-state index contributed by atoms with van der Waals surface area (Å²) in [4.78, 5) is 13.4. The highest BCUT2D eigenvalue weighted by Gasteiger charge is 2.26. The molecule has 7 heteroatoms. The smallest absolute Gasteiger partial charge is 0.254 e. The van der Waals surface area contributed by atoms with Crippen LogP contribution in [0.5, 0.6) is 0 Å². The number of fused-ring (bicyclic) bond motifs is 1. The summed E-state index contributed by atoms with van der Waals surface area (Å²) in [6, 6.07) is 2.58. The lowest BCUT2D eigenvalue weighted by molar-refractivity contribution is 0.181. The van der Waals surface area contributed by atoms with Crippen LogP contribution in [-0.4, -0.2) is 64.8 Å². The number of methoxy groups -OCH3 is 1. The van der Waals surface area contributed by atoms with Gasteiger partial charge in [0.2, 0.25) is 0 Å². The average Bonchev–Trinajstić information content (AvgIpc) is 2.95. The van der Waals surface area contributed by atoms with E-state index in [1.165, 1.54) is 19.3 Å². The second-order valence-corrected chi connectivity index (χ2v) is 6.12. The molecule has 0 saturated carbocycles. The van der Waals surface area contributed by atoms with Gasteiger partial charge in [-0.15, -0.1) is 0 Å². The first-order valence-corrected chi connectivity index (χ1v) is 7.79. The minimum atomic E-state index is 0.489. The van der Waals surface area contributed by atoms with E-state index >= 15 is 0 Å². The summed E-state index contributed by atoms with van der Waals surface area (Å²) in [6.07, 6.45) is 5.26. The van der Waals surface area contributed by atoms with Crippen LogP contribution in [0.25, 0.3) is 5.78 Å². The van der Waals surface area contributed by atoms with E-state index in [2.05, 4.69) is 45.0 Å². The Hall–Kier alpha value is -1.73. The monoisotopic (exact) mass is 304 g/mol. The standard InChI is InChI=1S/C15H24N6O/c1-19(2)9-13-6-4-5-7-20(13)14-8-12(10-22-3)18-15-16-11-17-21(14)15/h8,11,13H,4-7,9-10H2,1-3H3. The first kappa shape index (κ1) is 15.2. The van der Waals surface area contributed by atoms with Crippen molar-refractivity contribution in [2.45, 2.75) is 31.9 Å². The van der Waals surface area contributed by atoms with Crippen molar-refractivity contribution in [1.82, 2.24) is 24.5 Å². The summed E-state index contributed by atoms with van der Waals surface area (Å²) >= 11 is 0. The number of ether oxygens (including phenoxy) is 1. The van der Waals surface area contributed by atoms with Gasteiger partial charge in [-0.25, -0.2) is 4.98 Å². The van der Waals surface area contributed by atoms with E-state index in [0.717, 1.165) is 24.6 Å². The molecule has 1 aliphatic heterocycles. The van der Waals surface area contributed by atoms with Gasteiger partial charge in [-0.3, -0.25) is 0 Å². The molecule has 1 fully saturated rings. The fourth-order valence-electron chi connectivity index (χ4n) is 3.18. The van der Waals surface area contributed by atoms with Crippen LogP contribution in [0.2, 0.25) is 0 Å². The molecule has 0 aliphatic carbocycles. The molecule has 0 aromatic carbocycles. The lowest BCUT2D eigenvalue weighted by Gasteiger charge is -2.38. The zero-order valence-corrected chi connectivity index (χ0v) is 13.6. The van der Waals surface area contributed by atoms with E-state index in [1.807, 2.05) is 4.52 Å². The Morgan fingerprint density at radius 1 is 1.36 bits per heavy atom. The number of hydrogen-bond acceptors (Lipinski definition) is 6. The first-order valence-electron chi connectivity index (χ1n) is 7.79. The molecule has 0 bridgehead atoms. The lowest BCUT2D eigenvalue weighted by atomic mass is 10.0. The van der Waals surface area contributed by atoms with Crippen molar-refractivity contribution in [1.29, 1.82) is 0 Å². The molecule has 2 aromatic rings. The number of piperidine rings is 1. The Bertz CT molecular complexity index is 626. The predicted octanol–water partition coefficient (Wildman–Crippen LogP) is 1.19. The minimum Gasteiger partial charge on any atom is -0.378 e. The Labute approximate surface area is 130 Å². The number of nitrogens with zero attached hydrogens (tertiary/aromatic N) is 6. The molecule has 0 N–H and O–H groups in total. The van der Waals surface area contributed by atoms with Crippen LogP contribution >= 0.6 is 0 Å². The predicted molar refractivity (Wildman–Crippen MR) is 85.0 cm³/mol. The van der Waals surface area contributed by atoms with Gasteiger partial charge in [-0.2, -0.15) is 14.6 Å². The van der Waals surface area contributed by atoms with Crippen molar-refractivity contribution < 1.29 is 4.74 Å². The van der Waals surface area contributed by atoms with Crippen LogP contribution < -0.4 is 4.90 Å². The van der Waals surface area contributed by atoms with Crippen molar-refractivity contribution in [3.05, 3.63) is 18.1 Å². The molecule has 1 atom stereocenters. The first-order chi connectivity index (χ1) is 10.7. The molecule has 0 spiro atoms. The summed E-state index contributed by atoms with van der Waals surface area (Å²) in [5.74, 6) is 1.71. The van der Waals surface area contributed by atoms with Crippen LogP contribution in [0.4, 0.5) is 5.82 Å². The van der Waals surface area contributed by atoms with Gasteiger partial charge in [-0.05, 0) is 33.4 Å². The Kier molecular flexibility index (Phi) is 4.54. The maximum Gasteiger partial charge on any atom is 0.254 e. The Balaban J connectivity index is 2.00. The fourth-order valence-corrected chi connectivity index (χ4v) is 3.18. The third-order valence-corrected chi connectivity index (χ3v) is 4.08. The van der Waals surface area contributed by atoms with Crippen LogP contribution in [0.15, 0.2) is 12.4 Å². The fraction of sp³-hybridized carbons (Fsp3) is 0.667. The van der Waals surface area contributed by atoms with Crippen molar-refractivity contribution in [2.24, 2.45) is 0 Å². The second kappa shape index (κ2) is 6.58. The number of hydrogen-bond donors (Lipinski definition) is 0. The van der Waals surface area contributed by atoms with Crippen molar-refractivity contribution in [3.63, 3.8) is 0 Å². The SMILES string of the molecule is COCc1cc(N2CCCCC2CN(C)C)n2ncnc2n1. The molecule has 120 valence electrons. The molecule has 1 unspecified atom stereocenters. The highest BCUT2D eigenvalue weighted by atomic mass is 16.5. The van der Waals surface area contributed by atoms with Gasteiger partial charge in [0.1, 0.15) is 12.1 Å². The van der Waals surface area contributed by atoms with E-state index in [1.54, 1.807) is 13.4 Å². The molecule has 2 aromatic heterocycles. The van der Waals surface area contributed by atoms with E-state index in [4.69, 9.17) is 4.74 Å². The highest BCUT2D eigenvalue weighted by Crippen LogP contribution is 2.26. The molecule has 1 saturated heterocycles. The van der Waals surface area contributed by atoms with Crippen LogP contribution in [0.3, 0.4) is 0 Å². The molecular weight excluding hydrogens is 280 g/mol. The Morgan fingerprint density at radius 2 is 2.23 bits per heavy atom. The maximum absolute atomic E-state index is 5.24. The number of rotatable bonds is 5. The molecule has 3 heterocycles. The summed E-state index contributed by atoms with van der Waals surface area (Å²) in [5, 5.41) is 4.36. The van der Waals surface area contributed by atoms with Gasteiger partial charge in [0.05, 0.1) is 12.3 Å². The van der Waals surface area contributed by atoms with Crippen molar-refractivity contribution in [2.75, 3.05) is 39.2 Å². The molecule has 0 amide bonds. The largest absolute Gasteiger partial charge is 0.378 e. The molecule has 1 aliphatic rings. The average molecular weight is 304 g/mol. The van der Waals surface area contributed by atoms with Crippen LogP contribution in [0, 0.1) is 0 Å². The summed E-state index contributed by atoms with van der Waals surface area (Å²) in [5.41, 5.74) is 0.896. The van der Waals surface area contributed by atoms with Gasteiger partial charge in [0, 0.05) is 32.3 Å². The third kappa shape index (κ3) is 3.05. The van der Waals surface area contributed by atoms with Gasteiger partial charge in [-0.1, -0.05) is 0 Å². The van der Waals surface area contributed by atoms with E-state index in [-0.39, 0.29) is 0 Å². The summed E-state index contributed by atoms with van der Waals surface area (Å²) < 4.78 is 7.08. The van der Waals surface area contributed by atoms with Crippen molar-refractivity contribution in [3.8, 4) is 0 Å². The van der Waals surface area contributed by atoms with Crippen LogP contribution in [0.1, 0.15) is 25.0 Å². The zero-order valence-electron chi connectivity index (χ0n) is 13.6. The number of aromatic nitrogens is 4. The van der Waals surface area contributed by atoms with Gasteiger partial charge < -0.3 is 14.5 Å². The van der Waals surface area contributed by atoms with E-state index in [9.17, 15) is 0 Å². The minimum absolute atomic E-state index is 0.489. The van der Waals surface area contributed by atoms with Gasteiger partial charge in [0.15, 0.2) is 0 Å². The normalized spacial score (nSPS) is 19.3. The number of anilines is 1. The quantitative estimate of drug-likeness (QED) is 0.827. The molecule has 7 nitrogen and oxygen atoms in total. The van der Waals surface area contributed by atoms with Crippen molar-refractivity contribution >= 4 is 11.6 Å². The highest BCUT2D eigenvalue weighted by molar-refractivity contribution is 5.48. The molecule has 22 heavy (non-hydrogen) atoms. The summed E-state index contributed by atoms with van der Waals surface area (Å²) in [6.45, 7) is 2.57. The van der Waals surface area contributed by atoms with E-state index in [0.29, 0.717) is 18.4 Å². The lowest BCUT2D eigenvalue weighted by Crippen LogP contribution is -2.46. The molecule has 3 rings (SSSR count). The van der Waals surface area contributed by atoms with Gasteiger partial charge in [0.25, 0.3) is 5.78 Å². The second-order valence-electron chi connectivity index (χ2n) is 6.12. The summed E-state index contributed by atoms with van der Waals surface area (Å²) in [7, 11) is 5.94.